The first-order chi connectivity index (χ1) is 14.4. The first kappa shape index (κ1) is 22.3. The van der Waals surface area contributed by atoms with E-state index < -0.39 is 29.4 Å². The van der Waals surface area contributed by atoms with Crippen molar-refractivity contribution >= 4 is 5.57 Å². The normalized spacial score (nSPS) is 17.6. The molecule has 0 radical (unpaired) electrons. The SMILES string of the molecule is CCCC(O)c1ccc(C2CC=C(c3ccc(OCC)c(F)c3F)CC2)c(F)c1F. The second-order valence-corrected chi connectivity index (χ2v) is 7.55. The standard InChI is InChI=1S/C24H26F4O2/c1-3-5-19(29)18-11-10-16(21(25)23(18)27)14-6-8-15(9-7-14)17-12-13-20(30-4-2)24(28)22(17)26/h8,10-14,19,29H,3-7,9H2,1-2H3. The van der Waals surface area contributed by atoms with Gasteiger partial charge in [-0.15, -0.1) is 0 Å². The van der Waals surface area contributed by atoms with Gasteiger partial charge in [-0.2, -0.15) is 4.39 Å². The van der Waals surface area contributed by atoms with E-state index in [4.69, 9.17) is 4.74 Å². The zero-order chi connectivity index (χ0) is 21.8. The molecule has 0 fully saturated rings. The predicted molar refractivity (Wildman–Crippen MR) is 108 cm³/mol. The van der Waals surface area contributed by atoms with E-state index in [0.717, 1.165) is 0 Å². The maximum Gasteiger partial charge on any atom is 0.201 e. The van der Waals surface area contributed by atoms with Crippen LogP contribution in [0.3, 0.4) is 0 Å². The van der Waals surface area contributed by atoms with Gasteiger partial charge in [0, 0.05) is 11.1 Å². The van der Waals surface area contributed by atoms with Crippen LogP contribution in [0.1, 0.15) is 74.7 Å². The van der Waals surface area contributed by atoms with Crippen molar-refractivity contribution in [3.05, 3.63) is 70.3 Å². The Balaban J connectivity index is 1.81. The Bertz CT molecular complexity index is 939. The first-order valence-corrected chi connectivity index (χ1v) is 10.3. The third kappa shape index (κ3) is 4.38. The molecule has 0 amide bonds. The molecule has 1 N–H and O–H groups in total. The monoisotopic (exact) mass is 422 g/mol. The highest BCUT2D eigenvalue weighted by Crippen LogP contribution is 2.40. The van der Waals surface area contributed by atoms with Crippen molar-refractivity contribution < 1.29 is 27.4 Å². The van der Waals surface area contributed by atoms with Crippen LogP contribution in [0.5, 0.6) is 5.75 Å². The molecular formula is C24H26F4O2. The summed E-state index contributed by atoms with van der Waals surface area (Å²) >= 11 is 0. The lowest BCUT2D eigenvalue weighted by atomic mass is 9.82. The highest BCUT2D eigenvalue weighted by Gasteiger charge is 2.26. The molecule has 30 heavy (non-hydrogen) atoms. The van der Waals surface area contributed by atoms with E-state index in [1.165, 1.54) is 24.3 Å². The third-order valence-corrected chi connectivity index (χ3v) is 5.61. The Morgan fingerprint density at radius 2 is 1.77 bits per heavy atom. The Morgan fingerprint density at radius 3 is 2.40 bits per heavy atom. The minimum Gasteiger partial charge on any atom is -0.491 e. The fourth-order valence-electron chi connectivity index (χ4n) is 3.99. The van der Waals surface area contributed by atoms with E-state index in [-0.39, 0.29) is 35.0 Å². The summed E-state index contributed by atoms with van der Waals surface area (Å²) < 4.78 is 62.8. The predicted octanol–water partition coefficient (Wildman–Crippen LogP) is 6.83. The summed E-state index contributed by atoms with van der Waals surface area (Å²) in [7, 11) is 0. The molecule has 0 aromatic heterocycles. The summed E-state index contributed by atoms with van der Waals surface area (Å²) in [6.07, 6.45) is 3.01. The molecule has 0 spiro atoms. The number of ether oxygens (including phenoxy) is 1. The Hall–Kier alpha value is -2.34. The minimum atomic E-state index is -1.03. The maximum atomic E-state index is 14.7. The lowest BCUT2D eigenvalue weighted by molar-refractivity contribution is 0.160. The molecular weight excluding hydrogens is 396 g/mol. The number of halogens is 4. The van der Waals surface area contributed by atoms with Gasteiger partial charge in [0.2, 0.25) is 5.82 Å². The number of aliphatic hydroxyl groups is 1. The summed E-state index contributed by atoms with van der Waals surface area (Å²) in [5.41, 5.74) is 1.02. The smallest absolute Gasteiger partial charge is 0.201 e. The highest BCUT2D eigenvalue weighted by atomic mass is 19.2. The summed E-state index contributed by atoms with van der Waals surface area (Å²) in [5.74, 6) is -4.33. The average Bonchev–Trinajstić information content (AvgIpc) is 2.74. The molecule has 0 saturated heterocycles. The molecule has 2 nitrogen and oxygen atoms in total. The fourth-order valence-corrected chi connectivity index (χ4v) is 3.99. The van der Waals surface area contributed by atoms with Crippen molar-refractivity contribution in [2.24, 2.45) is 0 Å². The van der Waals surface area contributed by atoms with E-state index in [9.17, 15) is 22.7 Å². The second-order valence-electron chi connectivity index (χ2n) is 7.55. The molecule has 162 valence electrons. The van der Waals surface area contributed by atoms with Crippen LogP contribution < -0.4 is 4.74 Å². The molecule has 1 aliphatic carbocycles. The van der Waals surface area contributed by atoms with Gasteiger partial charge in [0.15, 0.2) is 23.2 Å². The molecule has 2 aromatic rings. The van der Waals surface area contributed by atoms with Crippen LogP contribution >= 0.6 is 0 Å². The third-order valence-electron chi connectivity index (χ3n) is 5.61. The quantitative estimate of drug-likeness (QED) is 0.496. The number of hydrogen-bond donors (Lipinski definition) is 1. The van der Waals surface area contributed by atoms with Crippen molar-refractivity contribution in [2.45, 2.75) is 58.0 Å². The topological polar surface area (TPSA) is 29.5 Å². The Morgan fingerprint density at radius 1 is 1.00 bits per heavy atom. The van der Waals surface area contributed by atoms with E-state index >= 15 is 0 Å². The van der Waals surface area contributed by atoms with E-state index in [2.05, 4.69) is 0 Å². The number of benzene rings is 2. The highest BCUT2D eigenvalue weighted by molar-refractivity contribution is 5.68. The van der Waals surface area contributed by atoms with Gasteiger partial charge < -0.3 is 9.84 Å². The van der Waals surface area contributed by atoms with Crippen LogP contribution in [0.4, 0.5) is 17.6 Å². The molecule has 0 heterocycles. The molecule has 2 aromatic carbocycles. The lowest BCUT2D eigenvalue weighted by Gasteiger charge is -2.24. The molecule has 6 heteroatoms. The van der Waals surface area contributed by atoms with Gasteiger partial charge in [-0.25, -0.2) is 13.2 Å². The van der Waals surface area contributed by atoms with Crippen LogP contribution in [0.15, 0.2) is 30.3 Å². The van der Waals surface area contributed by atoms with Crippen LogP contribution in [-0.2, 0) is 0 Å². The largest absolute Gasteiger partial charge is 0.491 e. The Kier molecular flexibility index (Phi) is 7.19. The van der Waals surface area contributed by atoms with Crippen LogP contribution in [0, 0.1) is 23.3 Å². The maximum absolute atomic E-state index is 14.7. The summed E-state index contributed by atoms with van der Waals surface area (Å²) in [6, 6.07) is 5.85. The number of allylic oxidation sites excluding steroid dienone is 2. The van der Waals surface area contributed by atoms with E-state index in [1.807, 2.05) is 6.92 Å². The summed E-state index contributed by atoms with van der Waals surface area (Å²) in [6.45, 7) is 3.78. The molecule has 3 rings (SSSR count). The van der Waals surface area contributed by atoms with Crippen molar-refractivity contribution in [3.8, 4) is 5.75 Å². The minimum absolute atomic E-state index is 0.0305. The molecule has 1 aliphatic rings. The van der Waals surface area contributed by atoms with Gasteiger partial charge in [-0.05, 0) is 61.8 Å². The van der Waals surface area contributed by atoms with Gasteiger partial charge in [0.05, 0.1) is 12.7 Å². The van der Waals surface area contributed by atoms with E-state index in [1.54, 1.807) is 13.0 Å². The summed E-state index contributed by atoms with van der Waals surface area (Å²) in [5, 5.41) is 10.00. The van der Waals surface area contributed by atoms with Crippen molar-refractivity contribution in [2.75, 3.05) is 6.61 Å². The molecule has 0 aliphatic heterocycles. The Labute approximate surface area is 174 Å². The van der Waals surface area contributed by atoms with Gasteiger partial charge in [-0.1, -0.05) is 31.6 Å². The van der Waals surface area contributed by atoms with Crippen LogP contribution in [0.25, 0.3) is 5.57 Å². The van der Waals surface area contributed by atoms with E-state index in [0.29, 0.717) is 37.7 Å². The lowest BCUT2D eigenvalue weighted by Crippen LogP contribution is -2.11. The molecule has 0 bridgehead atoms. The van der Waals surface area contributed by atoms with Crippen molar-refractivity contribution in [1.82, 2.24) is 0 Å². The number of rotatable bonds is 7. The number of aliphatic hydroxyl groups excluding tert-OH is 1. The van der Waals surface area contributed by atoms with Crippen LogP contribution in [0.2, 0.25) is 0 Å². The van der Waals surface area contributed by atoms with Gasteiger partial charge in [0.25, 0.3) is 0 Å². The molecule has 2 atom stereocenters. The first-order valence-electron chi connectivity index (χ1n) is 10.3. The fraction of sp³-hybridized carbons (Fsp3) is 0.417. The summed E-state index contributed by atoms with van der Waals surface area (Å²) in [4.78, 5) is 0. The van der Waals surface area contributed by atoms with Gasteiger partial charge in [-0.3, -0.25) is 0 Å². The van der Waals surface area contributed by atoms with Gasteiger partial charge in [0.1, 0.15) is 0 Å². The average molecular weight is 422 g/mol. The van der Waals surface area contributed by atoms with Crippen LogP contribution in [-0.4, -0.2) is 11.7 Å². The van der Waals surface area contributed by atoms with Crippen molar-refractivity contribution in [3.63, 3.8) is 0 Å². The zero-order valence-electron chi connectivity index (χ0n) is 17.2. The number of hydrogen-bond acceptors (Lipinski definition) is 2. The molecule has 0 saturated carbocycles. The van der Waals surface area contributed by atoms with Gasteiger partial charge >= 0.3 is 0 Å². The van der Waals surface area contributed by atoms with Crippen molar-refractivity contribution in [1.29, 1.82) is 0 Å². The zero-order valence-corrected chi connectivity index (χ0v) is 17.2. The second kappa shape index (κ2) is 9.65. The molecule has 2 unspecified atom stereocenters.